The number of benzene rings is 1. The van der Waals surface area contributed by atoms with E-state index in [2.05, 4.69) is 35.8 Å². The molecule has 0 amide bonds. The van der Waals surface area contributed by atoms with E-state index in [0.29, 0.717) is 0 Å². The van der Waals surface area contributed by atoms with E-state index >= 15 is 0 Å². The molecule has 1 aromatic rings. The van der Waals surface area contributed by atoms with E-state index in [9.17, 15) is 0 Å². The van der Waals surface area contributed by atoms with E-state index < -0.39 is 23.2 Å². The van der Waals surface area contributed by atoms with Crippen molar-refractivity contribution in [3.63, 3.8) is 0 Å². The van der Waals surface area contributed by atoms with Crippen LogP contribution in [0.25, 0.3) is 0 Å². The first-order chi connectivity index (χ1) is 7.59. The standard InChI is InChI=1S/C11H19GeO3Si/c1-12(2)10-6-8-11(9-7-10)16(13-3,14-4)15-5/h6-9H,1-5H3. The van der Waals surface area contributed by atoms with Crippen LogP contribution in [0, 0.1) is 0 Å². The molecule has 0 aliphatic rings. The van der Waals surface area contributed by atoms with Crippen molar-refractivity contribution in [2.45, 2.75) is 11.5 Å². The van der Waals surface area contributed by atoms with E-state index in [1.807, 2.05) is 0 Å². The zero-order valence-corrected chi connectivity index (χ0v) is 13.6. The van der Waals surface area contributed by atoms with Gasteiger partial charge in [-0.05, 0) is 0 Å². The topological polar surface area (TPSA) is 27.7 Å². The van der Waals surface area contributed by atoms with Gasteiger partial charge in [0.25, 0.3) is 0 Å². The van der Waals surface area contributed by atoms with Crippen molar-refractivity contribution in [2.24, 2.45) is 0 Å². The molecule has 0 atom stereocenters. The Hall–Kier alpha value is -0.140. The first kappa shape index (κ1) is 13.9. The summed E-state index contributed by atoms with van der Waals surface area (Å²) in [4.78, 5) is 0. The van der Waals surface area contributed by atoms with E-state index in [0.717, 1.165) is 5.19 Å². The second kappa shape index (κ2) is 5.97. The van der Waals surface area contributed by atoms with Crippen LogP contribution in [0.3, 0.4) is 0 Å². The van der Waals surface area contributed by atoms with Crippen LogP contribution in [0.4, 0.5) is 0 Å². The van der Waals surface area contributed by atoms with E-state index in [1.165, 1.54) is 4.40 Å². The summed E-state index contributed by atoms with van der Waals surface area (Å²) in [5.74, 6) is 4.67. The molecule has 1 rings (SSSR count). The van der Waals surface area contributed by atoms with Gasteiger partial charge in [0.2, 0.25) is 0 Å². The van der Waals surface area contributed by atoms with Crippen LogP contribution in [-0.4, -0.2) is 44.5 Å². The van der Waals surface area contributed by atoms with E-state index in [1.54, 1.807) is 21.3 Å². The van der Waals surface area contributed by atoms with Crippen molar-refractivity contribution in [2.75, 3.05) is 21.3 Å². The molecule has 0 fully saturated rings. The van der Waals surface area contributed by atoms with Gasteiger partial charge in [-0.3, -0.25) is 0 Å². The second-order valence-corrected chi connectivity index (χ2v) is 12.1. The summed E-state index contributed by atoms with van der Waals surface area (Å²) in [7, 11) is 2.26. The molecule has 0 saturated heterocycles. The summed E-state index contributed by atoms with van der Waals surface area (Å²) in [5.41, 5.74) is 0. The molecule has 0 aliphatic heterocycles. The first-order valence-corrected chi connectivity index (χ1v) is 12.1. The van der Waals surface area contributed by atoms with Gasteiger partial charge in [0.05, 0.1) is 0 Å². The molecule has 1 radical (unpaired) electrons. The molecule has 3 nitrogen and oxygen atoms in total. The van der Waals surface area contributed by atoms with Crippen LogP contribution in [-0.2, 0) is 13.3 Å². The van der Waals surface area contributed by atoms with Gasteiger partial charge >= 0.3 is 103 Å². The Bertz CT molecular complexity index is 314. The van der Waals surface area contributed by atoms with Crippen molar-refractivity contribution in [1.82, 2.24) is 0 Å². The molecule has 16 heavy (non-hydrogen) atoms. The molecule has 0 bridgehead atoms. The number of hydrogen-bond acceptors (Lipinski definition) is 3. The van der Waals surface area contributed by atoms with Crippen LogP contribution in [0.1, 0.15) is 0 Å². The summed E-state index contributed by atoms with van der Waals surface area (Å²) in [6.45, 7) is 0. The fraction of sp³-hybridized carbons (Fsp3) is 0.455. The Balaban J connectivity index is 3.03. The predicted octanol–water partition coefficient (Wildman–Crippen LogP) is 0.733. The Kier molecular flexibility index (Phi) is 5.20. The number of hydrogen-bond donors (Lipinski definition) is 0. The Morgan fingerprint density at radius 3 is 1.62 bits per heavy atom. The zero-order chi connectivity index (χ0) is 12.2. The van der Waals surface area contributed by atoms with Crippen LogP contribution >= 0.6 is 0 Å². The molecular formula is C11H19GeO3Si. The van der Waals surface area contributed by atoms with Crippen LogP contribution in [0.2, 0.25) is 11.5 Å². The van der Waals surface area contributed by atoms with Crippen molar-refractivity contribution < 1.29 is 13.3 Å². The maximum absolute atomic E-state index is 5.43. The minimum absolute atomic E-state index is 0.990. The molecule has 0 aliphatic carbocycles. The molecule has 0 spiro atoms. The Morgan fingerprint density at radius 2 is 1.31 bits per heavy atom. The van der Waals surface area contributed by atoms with Crippen LogP contribution in [0.15, 0.2) is 24.3 Å². The fourth-order valence-corrected chi connectivity index (χ4v) is 5.14. The van der Waals surface area contributed by atoms with Gasteiger partial charge in [-0.2, -0.15) is 0 Å². The summed E-state index contributed by atoms with van der Waals surface area (Å²) >= 11 is -0.990. The second-order valence-electron chi connectivity index (χ2n) is 3.75. The minimum atomic E-state index is -2.63. The molecule has 5 heteroatoms. The predicted molar refractivity (Wildman–Crippen MR) is 70.0 cm³/mol. The first-order valence-electron chi connectivity index (χ1n) is 5.16. The molecule has 0 aromatic heterocycles. The maximum atomic E-state index is 5.43. The molecule has 1 aromatic carbocycles. The Labute approximate surface area is 103 Å². The van der Waals surface area contributed by atoms with Crippen molar-refractivity contribution in [3.8, 4) is 0 Å². The zero-order valence-electron chi connectivity index (χ0n) is 10.5. The van der Waals surface area contributed by atoms with E-state index in [4.69, 9.17) is 13.3 Å². The summed E-state index contributed by atoms with van der Waals surface area (Å²) in [5, 5.41) is 1.02. The van der Waals surface area contributed by atoms with Crippen molar-refractivity contribution in [3.05, 3.63) is 24.3 Å². The quantitative estimate of drug-likeness (QED) is 0.751. The molecule has 0 N–H and O–H groups in total. The van der Waals surface area contributed by atoms with Crippen molar-refractivity contribution >= 4 is 32.7 Å². The van der Waals surface area contributed by atoms with Crippen molar-refractivity contribution in [1.29, 1.82) is 0 Å². The third-order valence-electron chi connectivity index (χ3n) is 2.62. The average Bonchev–Trinajstić information content (AvgIpc) is 2.33. The Morgan fingerprint density at radius 1 is 0.875 bits per heavy atom. The van der Waals surface area contributed by atoms with Gasteiger partial charge < -0.3 is 0 Å². The summed E-state index contributed by atoms with van der Waals surface area (Å²) in [6.07, 6.45) is 0. The van der Waals surface area contributed by atoms with Gasteiger partial charge in [-0.15, -0.1) is 0 Å². The number of rotatable bonds is 5. The van der Waals surface area contributed by atoms with Gasteiger partial charge in [0.1, 0.15) is 0 Å². The van der Waals surface area contributed by atoms with Gasteiger partial charge in [0, 0.05) is 0 Å². The van der Waals surface area contributed by atoms with Crippen LogP contribution in [0.5, 0.6) is 0 Å². The summed E-state index contributed by atoms with van der Waals surface area (Å²) < 4.78 is 17.8. The van der Waals surface area contributed by atoms with Gasteiger partial charge in [0.15, 0.2) is 0 Å². The SMILES string of the molecule is CO[Si](OC)(OC)c1cc[c]([Ge]([CH3])[CH3])cc1. The molecule has 89 valence electrons. The van der Waals surface area contributed by atoms with Crippen LogP contribution < -0.4 is 9.58 Å². The molecule has 0 saturated carbocycles. The van der Waals surface area contributed by atoms with E-state index in [-0.39, 0.29) is 0 Å². The third kappa shape index (κ3) is 2.75. The average molecular weight is 300 g/mol. The molecular weight excluding hydrogens is 281 g/mol. The normalized spacial score (nSPS) is 12.1. The summed E-state index contributed by atoms with van der Waals surface area (Å²) in [6, 6.07) is 8.48. The van der Waals surface area contributed by atoms with Gasteiger partial charge in [-0.1, -0.05) is 0 Å². The fourth-order valence-electron chi connectivity index (χ4n) is 1.61. The monoisotopic (exact) mass is 301 g/mol. The van der Waals surface area contributed by atoms with Gasteiger partial charge in [-0.25, -0.2) is 0 Å². The molecule has 0 heterocycles. The molecule has 0 unspecified atom stereocenters. The third-order valence-corrected chi connectivity index (χ3v) is 8.40.